The molecule has 2 fully saturated rings. The molecule has 0 radical (unpaired) electrons. The number of hydrogen-bond donors (Lipinski definition) is 2. The van der Waals surface area contributed by atoms with Gasteiger partial charge in [-0.1, -0.05) is 6.07 Å². The summed E-state index contributed by atoms with van der Waals surface area (Å²) in [4.78, 5) is 24.3. The fourth-order valence-corrected chi connectivity index (χ4v) is 3.13. The van der Waals surface area contributed by atoms with E-state index in [1.807, 2.05) is 0 Å². The zero-order valence-corrected chi connectivity index (χ0v) is 11.6. The monoisotopic (exact) mass is 290 g/mol. The van der Waals surface area contributed by atoms with Crippen LogP contribution in [-0.4, -0.2) is 41.5 Å². The van der Waals surface area contributed by atoms with E-state index in [9.17, 15) is 14.9 Å². The van der Waals surface area contributed by atoms with Crippen LogP contribution in [0.25, 0.3) is 0 Å². The average molecular weight is 290 g/mol. The van der Waals surface area contributed by atoms with Gasteiger partial charge in [0, 0.05) is 37.0 Å². The number of non-ortho nitro benzene ring substituents is 1. The third-order valence-corrected chi connectivity index (χ3v) is 4.25. The standard InChI is InChI=1S/C14H18N4O3/c19-14(16-11-2-1-3-12(8-11)18(20)21)17-7-5-13-10(9-17)4-6-15-13/h1-3,8,10,13,15H,4-7,9H2,(H,16,19). The topological polar surface area (TPSA) is 87.5 Å². The van der Waals surface area contributed by atoms with Crippen LogP contribution in [0.5, 0.6) is 0 Å². The molecule has 0 aliphatic carbocycles. The van der Waals surface area contributed by atoms with E-state index in [0.717, 1.165) is 32.5 Å². The van der Waals surface area contributed by atoms with Gasteiger partial charge in [0.25, 0.3) is 5.69 Å². The molecular formula is C14H18N4O3. The molecule has 0 aromatic heterocycles. The second kappa shape index (κ2) is 5.69. The Hall–Kier alpha value is -2.15. The predicted octanol–water partition coefficient (Wildman–Crippen LogP) is 1.81. The molecule has 2 N–H and O–H groups in total. The number of likely N-dealkylation sites (tertiary alicyclic amines) is 1. The van der Waals surface area contributed by atoms with E-state index in [4.69, 9.17) is 0 Å². The molecule has 1 aromatic carbocycles. The lowest BCUT2D eigenvalue weighted by atomic mass is 9.94. The van der Waals surface area contributed by atoms with Gasteiger partial charge in [0.2, 0.25) is 0 Å². The van der Waals surface area contributed by atoms with Gasteiger partial charge in [-0.3, -0.25) is 10.1 Å². The zero-order valence-electron chi connectivity index (χ0n) is 11.6. The van der Waals surface area contributed by atoms with Crippen LogP contribution in [0.15, 0.2) is 24.3 Å². The molecule has 2 aliphatic heterocycles. The summed E-state index contributed by atoms with van der Waals surface area (Å²) in [5.74, 6) is 0.523. The smallest absolute Gasteiger partial charge is 0.321 e. The maximum atomic E-state index is 12.3. The van der Waals surface area contributed by atoms with Crippen molar-refractivity contribution >= 4 is 17.4 Å². The molecule has 1 aromatic rings. The van der Waals surface area contributed by atoms with Gasteiger partial charge in [-0.2, -0.15) is 0 Å². The van der Waals surface area contributed by atoms with Gasteiger partial charge in [0.05, 0.1) is 4.92 Å². The van der Waals surface area contributed by atoms with Crippen LogP contribution in [0.1, 0.15) is 12.8 Å². The molecule has 7 nitrogen and oxygen atoms in total. The SMILES string of the molecule is O=C(Nc1cccc([N+](=O)[O-])c1)N1CCC2NCCC2C1. The molecule has 2 atom stereocenters. The van der Waals surface area contributed by atoms with Crippen molar-refractivity contribution in [2.24, 2.45) is 5.92 Å². The summed E-state index contributed by atoms with van der Waals surface area (Å²) in [6.07, 6.45) is 2.07. The van der Waals surface area contributed by atoms with Gasteiger partial charge in [0.1, 0.15) is 0 Å². The molecule has 0 bridgehead atoms. The van der Waals surface area contributed by atoms with Gasteiger partial charge < -0.3 is 15.5 Å². The molecule has 2 unspecified atom stereocenters. The first kappa shape index (κ1) is 13.8. The first-order valence-electron chi connectivity index (χ1n) is 7.17. The normalized spacial score (nSPS) is 24.5. The molecule has 112 valence electrons. The maximum absolute atomic E-state index is 12.3. The number of amides is 2. The van der Waals surface area contributed by atoms with E-state index < -0.39 is 4.92 Å². The second-order valence-corrected chi connectivity index (χ2v) is 5.58. The number of urea groups is 1. The first-order valence-corrected chi connectivity index (χ1v) is 7.17. The number of carbonyl (C=O) groups is 1. The number of carbonyl (C=O) groups excluding carboxylic acids is 1. The minimum Gasteiger partial charge on any atom is -0.324 e. The van der Waals surface area contributed by atoms with E-state index in [0.29, 0.717) is 17.6 Å². The number of fused-ring (bicyclic) bond motifs is 1. The molecule has 0 saturated carbocycles. The number of anilines is 1. The van der Waals surface area contributed by atoms with Gasteiger partial charge in [0.15, 0.2) is 0 Å². The Morgan fingerprint density at radius 2 is 2.29 bits per heavy atom. The van der Waals surface area contributed by atoms with Crippen LogP contribution in [-0.2, 0) is 0 Å². The van der Waals surface area contributed by atoms with Gasteiger partial charge in [-0.05, 0) is 31.4 Å². The summed E-state index contributed by atoms with van der Waals surface area (Å²) in [6.45, 7) is 2.49. The number of nitrogens with zero attached hydrogens (tertiary/aromatic N) is 2. The third-order valence-electron chi connectivity index (χ3n) is 4.25. The predicted molar refractivity (Wildman–Crippen MR) is 78.2 cm³/mol. The van der Waals surface area contributed by atoms with Crippen molar-refractivity contribution in [1.29, 1.82) is 0 Å². The number of benzene rings is 1. The summed E-state index contributed by atoms with van der Waals surface area (Å²) < 4.78 is 0. The van der Waals surface area contributed by atoms with Gasteiger partial charge in [-0.25, -0.2) is 4.79 Å². The van der Waals surface area contributed by atoms with Crippen molar-refractivity contribution in [3.63, 3.8) is 0 Å². The highest BCUT2D eigenvalue weighted by molar-refractivity contribution is 5.89. The number of nitro groups is 1. The molecule has 2 amide bonds. The first-order chi connectivity index (χ1) is 10.1. The lowest BCUT2D eigenvalue weighted by molar-refractivity contribution is -0.384. The van der Waals surface area contributed by atoms with Crippen LogP contribution in [0.3, 0.4) is 0 Å². The van der Waals surface area contributed by atoms with E-state index >= 15 is 0 Å². The van der Waals surface area contributed by atoms with Gasteiger partial charge >= 0.3 is 6.03 Å². The van der Waals surface area contributed by atoms with Crippen LogP contribution in [0.2, 0.25) is 0 Å². The molecule has 2 aliphatic rings. The number of nitro benzene ring substituents is 1. The van der Waals surface area contributed by atoms with Gasteiger partial charge in [-0.15, -0.1) is 0 Å². The van der Waals surface area contributed by atoms with E-state index in [1.165, 1.54) is 12.1 Å². The summed E-state index contributed by atoms with van der Waals surface area (Å²) in [6, 6.07) is 6.37. The Kier molecular flexibility index (Phi) is 3.74. The Morgan fingerprint density at radius 3 is 3.10 bits per heavy atom. The van der Waals surface area contributed by atoms with Crippen LogP contribution < -0.4 is 10.6 Å². The number of piperidine rings is 1. The fourth-order valence-electron chi connectivity index (χ4n) is 3.13. The Balaban J connectivity index is 1.63. The summed E-state index contributed by atoms with van der Waals surface area (Å²) in [5.41, 5.74) is 0.437. The van der Waals surface area contributed by atoms with Crippen molar-refractivity contribution in [1.82, 2.24) is 10.2 Å². The van der Waals surface area contributed by atoms with Crippen molar-refractivity contribution in [3.8, 4) is 0 Å². The quantitative estimate of drug-likeness (QED) is 0.642. The molecule has 2 saturated heterocycles. The van der Waals surface area contributed by atoms with Crippen LogP contribution in [0, 0.1) is 16.0 Å². The Labute approximate surface area is 122 Å². The number of rotatable bonds is 2. The molecule has 2 heterocycles. The molecule has 21 heavy (non-hydrogen) atoms. The lowest BCUT2D eigenvalue weighted by Crippen LogP contribution is -2.48. The largest absolute Gasteiger partial charge is 0.324 e. The summed E-state index contributed by atoms with van der Waals surface area (Å²) in [7, 11) is 0. The highest BCUT2D eigenvalue weighted by Crippen LogP contribution is 2.25. The van der Waals surface area contributed by atoms with Crippen molar-refractivity contribution in [2.45, 2.75) is 18.9 Å². The minimum absolute atomic E-state index is 0.0218. The highest BCUT2D eigenvalue weighted by atomic mass is 16.6. The molecular weight excluding hydrogens is 272 g/mol. The number of hydrogen-bond acceptors (Lipinski definition) is 4. The van der Waals surface area contributed by atoms with Crippen molar-refractivity contribution < 1.29 is 9.72 Å². The third kappa shape index (κ3) is 2.97. The van der Waals surface area contributed by atoms with E-state index in [-0.39, 0.29) is 11.7 Å². The number of nitrogens with one attached hydrogen (secondary N) is 2. The van der Waals surface area contributed by atoms with Crippen molar-refractivity contribution in [3.05, 3.63) is 34.4 Å². The Morgan fingerprint density at radius 1 is 1.43 bits per heavy atom. The second-order valence-electron chi connectivity index (χ2n) is 5.58. The summed E-state index contributed by atoms with van der Waals surface area (Å²) in [5, 5.41) is 16.9. The van der Waals surface area contributed by atoms with E-state index in [1.54, 1.807) is 17.0 Å². The lowest BCUT2D eigenvalue weighted by Gasteiger charge is -2.34. The fraction of sp³-hybridized carbons (Fsp3) is 0.500. The molecule has 0 spiro atoms. The van der Waals surface area contributed by atoms with Crippen LogP contribution >= 0.6 is 0 Å². The molecule has 7 heteroatoms. The molecule has 3 rings (SSSR count). The maximum Gasteiger partial charge on any atom is 0.321 e. The Bertz CT molecular complexity index is 563. The average Bonchev–Trinajstić information content (AvgIpc) is 2.94. The minimum atomic E-state index is -0.467. The van der Waals surface area contributed by atoms with Crippen molar-refractivity contribution in [2.75, 3.05) is 25.0 Å². The highest BCUT2D eigenvalue weighted by Gasteiger charge is 2.34. The zero-order chi connectivity index (χ0) is 14.8. The summed E-state index contributed by atoms with van der Waals surface area (Å²) >= 11 is 0. The van der Waals surface area contributed by atoms with Crippen LogP contribution in [0.4, 0.5) is 16.2 Å². The van der Waals surface area contributed by atoms with E-state index in [2.05, 4.69) is 10.6 Å².